The van der Waals surface area contributed by atoms with Gasteiger partial charge >= 0.3 is 0 Å². The standard InChI is InChI=1S/C7H13ClO2S/c1-5(11-2)7-9-4-6(3-8)10-7/h5-7H,3-4H2,1-2H3. The molecule has 0 bridgehead atoms. The van der Waals surface area contributed by atoms with Crippen molar-refractivity contribution in [3.63, 3.8) is 0 Å². The van der Waals surface area contributed by atoms with Crippen molar-refractivity contribution in [1.82, 2.24) is 0 Å². The Morgan fingerprint density at radius 2 is 2.45 bits per heavy atom. The van der Waals surface area contributed by atoms with E-state index in [1.807, 2.05) is 6.26 Å². The lowest BCUT2D eigenvalue weighted by atomic mass is 10.4. The third-order valence-corrected chi connectivity index (χ3v) is 3.01. The topological polar surface area (TPSA) is 18.5 Å². The highest BCUT2D eigenvalue weighted by atomic mass is 35.5. The Morgan fingerprint density at radius 1 is 1.73 bits per heavy atom. The first-order chi connectivity index (χ1) is 5.27. The van der Waals surface area contributed by atoms with Crippen molar-refractivity contribution in [2.75, 3.05) is 18.7 Å². The van der Waals surface area contributed by atoms with Crippen LogP contribution >= 0.6 is 23.4 Å². The maximum Gasteiger partial charge on any atom is 0.169 e. The van der Waals surface area contributed by atoms with Crippen LogP contribution in [0.2, 0.25) is 0 Å². The van der Waals surface area contributed by atoms with Crippen LogP contribution in [0.3, 0.4) is 0 Å². The van der Waals surface area contributed by atoms with Gasteiger partial charge in [-0.3, -0.25) is 0 Å². The molecule has 1 heterocycles. The molecule has 1 aliphatic heterocycles. The van der Waals surface area contributed by atoms with Crippen LogP contribution in [0.4, 0.5) is 0 Å². The van der Waals surface area contributed by atoms with Gasteiger partial charge in [0.25, 0.3) is 0 Å². The second kappa shape index (κ2) is 4.55. The smallest absolute Gasteiger partial charge is 0.169 e. The highest BCUT2D eigenvalue weighted by Crippen LogP contribution is 2.21. The first-order valence-corrected chi connectivity index (χ1v) is 5.46. The van der Waals surface area contributed by atoms with Crippen LogP contribution in [0.1, 0.15) is 6.92 Å². The molecule has 11 heavy (non-hydrogen) atoms. The lowest BCUT2D eigenvalue weighted by molar-refractivity contribution is -0.0508. The van der Waals surface area contributed by atoms with Crippen molar-refractivity contribution in [3.8, 4) is 0 Å². The van der Waals surface area contributed by atoms with Gasteiger partial charge in [-0.25, -0.2) is 0 Å². The molecule has 0 aromatic heterocycles. The van der Waals surface area contributed by atoms with Gasteiger partial charge in [-0.15, -0.1) is 11.6 Å². The number of hydrogen-bond acceptors (Lipinski definition) is 3. The molecule has 0 aromatic carbocycles. The maximum atomic E-state index is 5.61. The van der Waals surface area contributed by atoms with Crippen LogP contribution in [-0.4, -0.2) is 36.4 Å². The van der Waals surface area contributed by atoms with Gasteiger partial charge in [0.15, 0.2) is 6.29 Å². The Kier molecular flexibility index (Phi) is 3.99. The summed E-state index contributed by atoms with van der Waals surface area (Å²) in [5.74, 6) is 0.525. The van der Waals surface area contributed by atoms with Crippen molar-refractivity contribution in [2.24, 2.45) is 0 Å². The van der Waals surface area contributed by atoms with Crippen molar-refractivity contribution < 1.29 is 9.47 Å². The van der Waals surface area contributed by atoms with Gasteiger partial charge in [-0.2, -0.15) is 11.8 Å². The van der Waals surface area contributed by atoms with Crippen molar-refractivity contribution in [3.05, 3.63) is 0 Å². The molecular weight excluding hydrogens is 184 g/mol. The van der Waals surface area contributed by atoms with Gasteiger partial charge in [-0.1, -0.05) is 0 Å². The average molecular weight is 197 g/mol. The third kappa shape index (κ3) is 2.51. The lowest BCUT2D eigenvalue weighted by Gasteiger charge is -2.15. The Labute approximate surface area is 76.6 Å². The van der Waals surface area contributed by atoms with Crippen LogP contribution < -0.4 is 0 Å². The van der Waals surface area contributed by atoms with E-state index in [4.69, 9.17) is 21.1 Å². The van der Waals surface area contributed by atoms with Crippen molar-refractivity contribution in [1.29, 1.82) is 0 Å². The van der Waals surface area contributed by atoms with Crippen molar-refractivity contribution >= 4 is 23.4 Å². The zero-order valence-corrected chi connectivity index (χ0v) is 8.32. The molecule has 0 spiro atoms. The largest absolute Gasteiger partial charge is 0.349 e. The zero-order valence-electron chi connectivity index (χ0n) is 6.75. The van der Waals surface area contributed by atoms with Crippen LogP contribution in [0.25, 0.3) is 0 Å². The van der Waals surface area contributed by atoms with E-state index < -0.39 is 0 Å². The van der Waals surface area contributed by atoms with E-state index in [0.717, 1.165) is 0 Å². The molecule has 0 amide bonds. The highest BCUT2D eigenvalue weighted by Gasteiger charge is 2.28. The molecular formula is C7H13ClO2S. The maximum absolute atomic E-state index is 5.61. The van der Waals surface area contributed by atoms with Gasteiger partial charge < -0.3 is 9.47 Å². The molecule has 2 nitrogen and oxygen atoms in total. The lowest BCUT2D eigenvalue weighted by Crippen LogP contribution is -2.22. The molecule has 4 heteroatoms. The predicted molar refractivity (Wildman–Crippen MR) is 48.3 cm³/mol. The van der Waals surface area contributed by atoms with Gasteiger partial charge in [-0.05, 0) is 13.2 Å². The second-order valence-electron chi connectivity index (χ2n) is 2.55. The van der Waals surface area contributed by atoms with E-state index >= 15 is 0 Å². The fourth-order valence-corrected chi connectivity index (χ4v) is 1.44. The van der Waals surface area contributed by atoms with Crippen LogP contribution in [0.5, 0.6) is 0 Å². The predicted octanol–water partition coefficient (Wildman–Crippen LogP) is 1.72. The molecule has 0 saturated carbocycles. The summed E-state index contributed by atoms with van der Waals surface area (Å²) in [5, 5.41) is 0.392. The van der Waals surface area contributed by atoms with Gasteiger partial charge in [0, 0.05) is 0 Å². The zero-order chi connectivity index (χ0) is 8.27. The molecule has 1 rings (SSSR count). The Balaban J connectivity index is 2.29. The third-order valence-electron chi connectivity index (χ3n) is 1.70. The van der Waals surface area contributed by atoms with Gasteiger partial charge in [0.05, 0.1) is 23.8 Å². The summed E-state index contributed by atoms with van der Waals surface area (Å²) >= 11 is 7.35. The van der Waals surface area contributed by atoms with Crippen LogP contribution in [0, 0.1) is 0 Å². The molecule has 66 valence electrons. The first kappa shape index (κ1) is 9.65. The summed E-state index contributed by atoms with van der Waals surface area (Å²) in [6, 6.07) is 0. The van der Waals surface area contributed by atoms with E-state index in [-0.39, 0.29) is 12.4 Å². The summed E-state index contributed by atoms with van der Waals surface area (Å²) in [6.45, 7) is 2.73. The minimum absolute atomic E-state index is 0.0613. The highest BCUT2D eigenvalue weighted by molar-refractivity contribution is 7.99. The molecule has 3 unspecified atom stereocenters. The van der Waals surface area contributed by atoms with Gasteiger partial charge in [0.1, 0.15) is 0 Å². The van der Waals surface area contributed by atoms with E-state index in [1.54, 1.807) is 11.8 Å². The molecule has 0 radical (unpaired) electrons. The molecule has 1 aliphatic rings. The fourth-order valence-electron chi connectivity index (χ4n) is 0.909. The number of ether oxygens (including phenoxy) is 2. The average Bonchev–Trinajstić information content (AvgIpc) is 2.50. The number of halogens is 1. The van der Waals surface area contributed by atoms with Crippen LogP contribution in [0.15, 0.2) is 0 Å². The summed E-state index contributed by atoms with van der Waals surface area (Å²) in [4.78, 5) is 0. The Bertz CT molecular complexity index is 123. The summed E-state index contributed by atoms with van der Waals surface area (Å²) in [6.07, 6.45) is 2.08. The molecule has 1 saturated heterocycles. The van der Waals surface area contributed by atoms with E-state index in [2.05, 4.69) is 6.92 Å². The second-order valence-corrected chi connectivity index (χ2v) is 4.08. The molecule has 1 fully saturated rings. The van der Waals surface area contributed by atoms with E-state index in [0.29, 0.717) is 17.7 Å². The molecule has 0 aromatic rings. The quantitative estimate of drug-likeness (QED) is 0.641. The normalized spacial score (nSPS) is 34.1. The summed E-state index contributed by atoms with van der Waals surface area (Å²) in [7, 11) is 0. The van der Waals surface area contributed by atoms with E-state index in [1.165, 1.54) is 0 Å². The number of hydrogen-bond donors (Lipinski definition) is 0. The van der Waals surface area contributed by atoms with Gasteiger partial charge in [0.2, 0.25) is 0 Å². The minimum atomic E-state index is -0.0613. The fraction of sp³-hybridized carbons (Fsp3) is 1.00. The number of alkyl halides is 1. The summed E-state index contributed by atoms with van der Waals surface area (Å²) in [5.41, 5.74) is 0. The van der Waals surface area contributed by atoms with Crippen LogP contribution in [-0.2, 0) is 9.47 Å². The number of thioether (sulfide) groups is 1. The summed E-state index contributed by atoms with van der Waals surface area (Å²) < 4.78 is 10.9. The number of rotatable bonds is 3. The molecule has 0 N–H and O–H groups in total. The monoisotopic (exact) mass is 196 g/mol. The van der Waals surface area contributed by atoms with Crippen molar-refractivity contribution in [2.45, 2.75) is 24.6 Å². The SMILES string of the molecule is CSC(C)C1OCC(CCl)O1. The Hall–Kier alpha value is 0.560. The molecule has 3 atom stereocenters. The Morgan fingerprint density at radius 3 is 2.91 bits per heavy atom. The molecule has 0 aliphatic carbocycles. The first-order valence-electron chi connectivity index (χ1n) is 3.63. The minimum Gasteiger partial charge on any atom is -0.349 e. The van der Waals surface area contributed by atoms with E-state index in [9.17, 15) is 0 Å².